The van der Waals surface area contributed by atoms with E-state index in [2.05, 4.69) is 19.9 Å². The van der Waals surface area contributed by atoms with Crippen LogP contribution in [0.2, 0.25) is 0 Å². The summed E-state index contributed by atoms with van der Waals surface area (Å²) in [4.78, 5) is 15.5. The number of piperazine rings is 1. The molecule has 8 nitrogen and oxygen atoms in total. The molecule has 2 aromatic heterocycles. The second kappa shape index (κ2) is 7.81. The lowest BCUT2D eigenvalue weighted by atomic mass is 10.1. The van der Waals surface area contributed by atoms with Crippen LogP contribution in [0, 0.1) is 27.7 Å². The van der Waals surface area contributed by atoms with Crippen molar-refractivity contribution in [2.75, 3.05) is 31.1 Å². The second-order valence-corrected chi connectivity index (χ2v) is 9.57. The van der Waals surface area contributed by atoms with Gasteiger partial charge in [-0.3, -0.25) is 4.57 Å². The predicted octanol–water partition coefficient (Wildman–Crippen LogP) is 2.41. The maximum atomic E-state index is 13.3. The lowest BCUT2D eigenvalue weighted by molar-refractivity contribution is 0.383. The van der Waals surface area contributed by atoms with Crippen LogP contribution >= 0.6 is 0 Å². The van der Waals surface area contributed by atoms with Crippen LogP contribution in [0.4, 0.5) is 5.82 Å². The molecule has 1 aromatic carbocycles. The predicted molar refractivity (Wildman–Crippen MR) is 116 cm³/mol. The van der Waals surface area contributed by atoms with Gasteiger partial charge in [0.25, 0.3) is 0 Å². The highest BCUT2D eigenvalue weighted by Gasteiger charge is 2.31. The Bertz CT molecular complexity index is 1160. The molecule has 0 N–H and O–H groups in total. The van der Waals surface area contributed by atoms with Crippen molar-refractivity contribution in [2.24, 2.45) is 0 Å². The van der Waals surface area contributed by atoms with Gasteiger partial charge in [0.2, 0.25) is 10.0 Å². The molecule has 4 rings (SSSR count). The molecule has 1 aliphatic rings. The molecule has 0 bridgehead atoms. The van der Waals surface area contributed by atoms with Gasteiger partial charge in [0, 0.05) is 44.6 Å². The van der Waals surface area contributed by atoms with E-state index in [4.69, 9.17) is 0 Å². The lowest BCUT2D eigenvalue weighted by Gasteiger charge is -2.35. The molecule has 1 aliphatic heterocycles. The average Bonchev–Trinajstić information content (AvgIpc) is 3.13. The Kier molecular flexibility index (Phi) is 5.33. The van der Waals surface area contributed by atoms with Crippen LogP contribution in [0.15, 0.2) is 41.8 Å². The lowest BCUT2D eigenvalue weighted by Crippen LogP contribution is -2.49. The van der Waals surface area contributed by atoms with Gasteiger partial charge in [-0.2, -0.15) is 4.31 Å². The van der Waals surface area contributed by atoms with E-state index in [1.54, 1.807) is 10.5 Å². The summed E-state index contributed by atoms with van der Waals surface area (Å²) in [6.45, 7) is 9.60. The highest BCUT2D eigenvalue weighted by atomic mass is 32.2. The molecule has 0 amide bonds. The van der Waals surface area contributed by atoms with Gasteiger partial charge < -0.3 is 4.90 Å². The van der Waals surface area contributed by atoms with E-state index in [1.807, 2.05) is 56.7 Å². The van der Waals surface area contributed by atoms with E-state index in [1.165, 1.54) is 6.33 Å². The topological polar surface area (TPSA) is 84.2 Å². The number of nitrogens with zero attached hydrogens (tertiary/aromatic N) is 6. The van der Waals surface area contributed by atoms with Crippen molar-refractivity contribution < 1.29 is 8.42 Å². The number of aromatic nitrogens is 4. The van der Waals surface area contributed by atoms with Gasteiger partial charge in [0.05, 0.1) is 4.90 Å². The maximum absolute atomic E-state index is 13.3. The summed E-state index contributed by atoms with van der Waals surface area (Å²) in [5, 5.41) is 0. The fraction of sp³-hybridized carbons (Fsp3) is 0.381. The third kappa shape index (κ3) is 3.70. The Balaban J connectivity index is 1.53. The largest absolute Gasteiger partial charge is 0.354 e. The number of sulfonamides is 1. The smallest absolute Gasteiger partial charge is 0.243 e. The van der Waals surface area contributed by atoms with E-state index in [-0.39, 0.29) is 0 Å². The number of aryl methyl sites for hydroxylation is 4. The number of benzene rings is 1. The van der Waals surface area contributed by atoms with Crippen molar-refractivity contribution in [1.82, 2.24) is 23.8 Å². The van der Waals surface area contributed by atoms with Crippen LogP contribution < -0.4 is 4.90 Å². The fourth-order valence-electron chi connectivity index (χ4n) is 4.12. The number of hydrogen-bond donors (Lipinski definition) is 0. The highest BCUT2D eigenvalue weighted by Crippen LogP contribution is 2.27. The first kappa shape index (κ1) is 20.5. The normalized spacial score (nSPS) is 15.5. The SMILES string of the molecule is Cc1cc(C)c(S(=O)(=O)N2CCN(c3cc(-n4ccnc4C)ncn3)CC2)c(C)c1. The van der Waals surface area contributed by atoms with Crippen molar-refractivity contribution >= 4 is 15.8 Å². The maximum Gasteiger partial charge on any atom is 0.243 e. The molecule has 30 heavy (non-hydrogen) atoms. The van der Waals surface area contributed by atoms with Gasteiger partial charge in [-0.15, -0.1) is 0 Å². The standard InChI is InChI=1S/C21H26N6O2S/c1-15-11-16(2)21(17(3)12-15)30(28,29)26-9-7-25(8-10-26)19-13-20(24-14-23-19)27-6-5-22-18(27)4/h5-6,11-14H,7-10H2,1-4H3. The van der Waals surface area contributed by atoms with Crippen molar-refractivity contribution in [3.8, 4) is 5.82 Å². The van der Waals surface area contributed by atoms with Gasteiger partial charge in [-0.25, -0.2) is 23.4 Å². The van der Waals surface area contributed by atoms with Gasteiger partial charge >= 0.3 is 0 Å². The van der Waals surface area contributed by atoms with Crippen LogP contribution in [-0.4, -0.2) is 58.4 Å². The molecule has 0 radical (unpaired) electrons. The Morgan fingerprint density at radius 3 is 2.07 bits per heavy atom. The van der Waals surface area contributed by atoms with Crippen LogP contribution in [-0.2, 0) is 10.0 Å². The first-order valence-corrected chi connectivity index (χ1v) is 11.4. The first-order valence-electron chi connectivity index (χ1n) is 9.92. The average molecular weight is 427 g/mol. The quantitative estimate of drug-likeness (QED) is 0.637. The zero-order valence-corrected chi connectivity index (χ0v) is 18.5. The third-order valence-electron chi connectivity index (χ3n) is 5.48. The van der Waals surface area contributed by atoms with Crippen molar-refractivity contribution in [1.29, 1.82) is 0 Å². The molecule has 9 heteroatoms. The Hall–Kier alpha value is -2.78. The van der Waals surface area contributed by atoms with E-state index < -0.39 is 10.0 Å². The summed E-state index contributed by atoms with van der Waals surface area (Å²) in [6, 6.07) is 5.76. The van der Waals surface area contributed by atoms with Crippen molar-refractivity contribution in [3.05, 3.63) is 59.4 Å². The molecular formula is C21H26N6O2S. The van der Waals surface area contributed by atoms with Crippen LogP contribution in [0.5, 0.6) is 0 Å². The summed E-state index contributed by atoms with van der Waals surface area (Å²) < 4.78 is 30.1. The monoisotopic (exact) mass is 426 g/mol. The first-order chi connectivity index (χ1) is 14.3. The Labute approximate surface area is 177 Å². The fourth-order valence-corrected chi connectivity index (χ4v) is 5.96. The molecule has 0 spiro atoms. The van der Waals surface area contributed by atoms with Gasteiger partial charge in [-0.1, -0.05) is 17.7 Å². The minimum absolute atomic E-state index is 0.415. The molecule has 0 aliphatic carbocycles. The molecular weight excluding hydrogens is 400 g/mol. The summed E-state index contributed by atoms with van der Waals surface area (Å²) >= 11 is 0. The summed E-state index contributed by atoms with van der Waals surface area (Å²) in [7, 11) is -3.53. The molecule has 158 valence electrons. The van der Waals surface area contributed by atoms with E-state index in [9.17, 15) is 8.42 Å². The van der Waals surface area contributed by atoms with Gasteiger partial charge in [0.15, 0.2) is 0 Å². The molecule has 0 saturated carbocycles. The van der Waals surface area contributed by atoms with Crippen LogP contribution in [0.25, 0.3) is 5.82 Å². The third-order valence-corrected chi connectivity index (χ3v) is 7.68. The number of anilines is 1. The van der Waals surface area contributed by atoms with E-state index in [0.29, 0.717) is 31.1 Å². The number of imidazole rings is 1. The zero-order chi connectivity index (χ0) is 21.5. The number of rotatable bonds is 4. The van der Waals surface area contributed by atoms with Crippen LogP contribution in [0.1, 0.15) is 22.5 Å². The Morgan fingerprint density at radius 1 is 0.833 bits per heavy atom. The molecule has 1 saturated heterocycles. The van der Waals surface area contributed by atoms with Crippen LogP contribution in [0.3, 0.4) is 0 Å². The molecule has 0 atom stereocenters. The van der Waals surface area contributed by atoms with Crippen molar-refractivity contribution in [2.45, 2.75) is 32.6 Å². The Morgan fingerprint density at radius 2 is 1.47 bits per heavy atom. The zero-order valence-electron chi connectivity index (χ0n) is 17.7. The molecule has 3 heterocycles. The number of hydrogen-bond acceptors (Lipinski definition) is 6. The van der Waals surface area contributed by atoms with Gasteiger partial charge in [-0.05, 0) is 38.8 Å². The molecule has 0 unspecified atom stereocenters. The molecule has 1 fully saturated rings. The summed E-state index contributed by atoms with van der Waals surface area (Å²) in [5.74, 6) is 2.38. The van der Waals surface area contributed by atoms with E-state index >= 15 is 0 Å². The minimum Gasteiger partial charge on any atom is -0.354 e. The highest BCUT2D eigenvalue weighted by molar-refractivity contribution is 7.89. The molecule has 3 aromatic rings. The minimum atomic E-state index is -3.53. The summed E-state index contributed by atoms with van der Waals surface area (Å²) in [5.41, 5.74) is 2.67. The van der Waals surface area contributed by atoms with Crippen molar-refractivity contribution in [3.63, 3.8) is 0 Å². The summed E-state index contributed by atoms with van der Waals surface area (Å²) in [6.07, 6.45) is 5.13. The van der Waals surface area contributed by atoms with E-state index in [0.717, 1.165) is 34.2 Å². The van der Waals surface area contributed by atoms with Gasteiger partial charge in [0.1, 0.15) is 23.8 Å². The second-order valence-electron chi connectivity index (χ2n) is 7.70.